The van der Waals surface area contributed by atoms with Crippen molar-refractivity contribution in [2.75, 3.05) is 18.1 Å². The van der Waals surface area contributed by atoms with Crippen LogP contribution in [0.5, 0.6) is 0 Å². The molecule has 0 amide bonds. The first-order valence-electron chi connectivity index (χ1n) is 5.43. The molecule has 1 N–H and O–H groups in total. The van der Waals surface area contributed by atoms with Gasteiger partial charge in [0.25, 0.3) is 5.69 Å². The summed E-state index contributed by atoms with van der Waals surface area (Å²) >= 11 is 0. The number of para-hydroxylation sites is 1. The molecular weight excluding hydrogens is 240 g/mol. The van der Waals surface area contributed by atoms with E-state index in [1.807, 2.05) is 6.92 Å². The first-order valence-corrected chi connectivity index (χ1v) is 6.92. The second kappa shape index (κ2) is 7.13. The predicted octanol–water partition coefficient (Wildman–Crippen LogP) is 1.45. The SMILES string of the molecule is CCS(=O)CCNCc1ccccc1[N+](=O)[O-]. The molecule has 1 unspecified atom stereocenters. The van der Waals surface area contributed by atoms with Crippen LogP contribution in [0, 0.1) is 10.1 Å². The van der Waals surface area contributed by atoms with Crippen LogP contribution in [0.3, 0.4) is 0 Å². The molecule has 0 fully saturated rings. The highest BCUT2D eigenvalue weighted by Gasteiger charge is 2.11. The van der Waals surface area contributed by atoms with Crippen molar-refractivity contribution in [1.82, 2.24) is 5.32 Å². The van der Waals surface area contributed by atoms with Crippen LogP contribution in [-0.4, -0.2) is 27.2 Å². The predicted molar refractivity (Wildman–Crippen MR) is 68.4 cm³/mol. The second-order valence-electron chi connectivity index (χ2n) is 3.50. The van der Waals surface area contributed by atoms with Gasteiger partial charge in [0.2, 0.25) is 0 Å². The van der Waals surface area contributed by atoms with Gasteiger partial charge in [-0.2, -0.15) is 0 Å². The highest BCUT2D eigenvalue weighted by Crippen LogP contribution is 2.16. The third-order valence-corrected chi connectivity index (χ3v) is 3.64. The van der Waals surface area contributed by atoms with Crippen molar-refractivity contribution in [3.05, 3.63) is 39.9 Å². The standard InChI is InChI=1S/C11H16N2O3S/c1-2-17(16)8-7-12-9-10-5-3-4-6-11(10)13(14)15/h3-6,12H,2,7-9H2,1H3. The van der Waals surface area contributed by atoms with E-state index >= 15 is 0 Å². The summed E-state index contributed by atoms with van der Waals surface area (Å²) in [6, 6.07) is 6.63. The molecule has 1 rings (SSSR count). The van der Waals surface area contributed by atoms with Gasteiger partial charge in [0, 0.05) is 47.0 Å². The molecule has 1 atom stereocenters. The summed E-state index contributed by atoms with van der Waals surface area (Å²) in [6.45, 7) is 2.91. The molecule has 1 aromatic rings. The molecular formula is C11H16N2O3S. The minimum absolute atomic E-state index is 0.122. The monoisotopic (exact) mass is 256 g/mol. The Labute approximate surface area is 103 Å². The largest absolute Gasteiger partial charge is 0.311 e. The zero-order chi connectivity index (χ0) is 12.7. The number of hydrogen-bond donors (Lipinski definition) is 1. The lowest BCUT2D eigenvalue weighted by atomic mass is 10.2. The van der Waals surface area contributed by atoms with Crippen molar-refractivity contribution < 1.29 is 9.13 Å². The third kappa shape index (κ3) is 4.62. The van der Waals surface area contributed by atoms with E-state index in [1.165, 1.54) is 6.07 Å². The van der Waals surface area contributed by atoms with E-state index in [4.69, 9.17) is 0 Å². The summed E-state index contributed by atoms with van der Waals surface area (Å²) < 4.78 is 11.2. The van der Waals surface area contributed by atoms with Gasteiger partial charge in [-0.05, 0) is 0 Å². The highest BCUT2D eigenvalue weighted by molar-refractivity contribution is 7.84. The maximum absolute atomic E-state index is 11.2. The Morgan fingerprint density at radius 2 is 2.12 bits per heavy atom. The van der Waals surface area contributed by atoms with Gasteiger partial charge in [-0.1, -0.05) is 25.1 Å². The maximum Gasteiger partial charge on any atom is 0.273 e. The summed E-state index contributed by atoms with van der Waals surface area (Å²) in [7, 11) is -0.795. The Morgan fingerprint density at radius 1 is 1.41 bits per heavy atom. The fourth-order valence-corrected chi connectivity index (χ4v) is 2.05. The normalized spacial score (nSPS) is 12.3. The average molecular weight is 256 g/mol. The van der Waals surface area contributed by atoms with E-state index in [2.05, 4.69) is 5.32 Å². The van der Waals surface area contributed by atoms with Crippen LogP contribution in [0.25, 0.3) is 0 Å². The van der Waals surface area contributed by atoms with Gasteiger partial charge in [0.05, 0.1) is 4.92 Å². The molecule has 0 aliphatic heterocycles. The topological polar surface area (TPSA) is 72.2 Å². The Kier molecular flexibility index (Phi) is 5.79. The van der Waals surface area contributed by atoms with Crippen LogP contribution < -0.4 is 5.32 Å². The molecule has 1 aromatic carbocycles. The molecule has 94 valence electrons. The Morgan fingerprint density at radius 3 is 2.76 bits per heavy atom. The van der Waals surface area contributed by atoms with Crippen molar-refractivity contribution in [1.29, 1.82) is 0 Å². The maximum atomic E-state index is 11.2. The first-order chi connectivity index (χ1) is 8.15. The van der Waals surface area contributed by atoms with Crippen LogP contribution in [0.15, 0.2) is 24.3 Å². The average Bonchev–Trinajstić information content (AvgIpc) is 2.34. The number of nitro groups is 1. The number of rotatable bonds is 7. The lowest BCUT2D eigenvalue weighted by Gasteiger charge is -2.05. The van der Waals surface area contributed by atoms with Gasteiger partial charge in [0.1, 0.15) is 0 Å². The molecule has 0 spiro atoms. The van der Waals surface area contributed by atoms with Gasteiger partial charge < -0.3 is 5.32 Å². The molecule has 6 heteroatoms. The zero-order valence-electron chi connectivity index (χ0n) is 9.72. The summed E-state index contributed by atoms with van der Waals surface area (Å²) in [6.07, 6.45) is 0. The van der Waals surface area contributed by atoms with Gasteiger partial charge in [0.15, 0.2) is 0 Å². The van der Waals surface area contributed by atoms with Crippen LogP contribution in [0.1, 0.15) is 12.5 Å². The lowest BCUT2D eigenvalue weighted by Crippen LogP contribution is -2.21. The van der Waals surface area contributed by atoms with Crippen molar-refractivity contribution >= 4 is 16.5 Å². The fourth-order valence-electron chi connectivity index (χ4n) is 1.39. The summed E-state index contributed by atoms with van der Waals surface area (Å²) in [5.74, 6) is 1.23. The van der Waals surface area contributed by atoms with E-state index in [-0.39, 0.29) is 10.6 Å². The quantitative estimate of drug-likeness (QED) is 0.455. The third-order valence-electron chi connectivity index (χ3n) is 2.33. The van der Waals surface area contributed by atoms with Crippen LogP contribution in [-0.2, 0) is 17.3 Å². The Balaban J connectivity index is 2.46. The number of hydrogen-bond acceptors (Lipinski definition) is 4. The van der Waals surface area contributed by atoms with Gasteiger partial charge in [-0.15, -0.1) is 0 Å². The molecule has 0 saturated heterocycles. The van der Waals surface area contributed by atoms with Crippen molar-refractivity contribution in [2.45, 2.75) is 13.5 Å². The minimum Gasteiger partial charge on any atom is -0.311 e. The molecule has 17 heavy (non-hydrogen) atoms. The van der Waals surface area contributed by atoms with Crippen molar-refractivity contribution in [2.24, 2.45) is 0 Å². The second-order valence-corrected chi connectivity index (χ2v) is 5.36. The molecule has 0 radical (unpaired) electrons. The first kappa shape index (κ1) is 13.8. The molecule has 0 aliphatic rings. The molecule has 0 aliphatic carbocycles. The summed E-state index contributed by atoms with van der Waals surface area (Å²) in [5, 5.41) is 13.8. The summed E-state index contributed by atoms with van der Waals surface area (Å²) in [4.78, 5) is 10.4. The Hall–Kier alpha value is -1.27. The lowest BCUT2D eigenvalue weighted by molar-refractivity contribution is -0.385. The smallest absolute Gasteiger partial charge is 0.273 e. The molecule has 5 nitrogen and oxygen atoms in total. The molecule has 0 heterocycles. The Bertz CT molecular complexity index is 409. The highest BCUT2D eigenvalue weighted by atomic mass is 32.2. The van der Waals surface area contributed by atoms with Gasteiger partial charge in [-0.25, -0.2) is 0 Å². The van der Waals surface area contributed by atoms with Crippen molar-refractivity contribution in [3.8, 4) is 0 Å². The van der Waals surface area contributed by atoms with E-state index in [0.29, 0.717) is 30.2 Å². The van der Waals surface area contributed by atoms with Crippen LogP contribution in [0.2, 0.25) is 0 Å². The van der Waals surface area contributed by atoms with E-state index in [0.717, 1.165) is 0 Å². The van der Waals surface area contributed by atoms with E-state index in [1.54, 1.807) is 18.2 Å². The number of nitrogens with one attached hydrogen (secondary N) is 1. The van der Waals surface area contributed by atoms with Gasteiger partial charge >= 0.3 is 0 Å². The minimum atomic E-state index is -0.795. The molecule has 0 saturated carbocycles. The number of nitrogens with zero attached hydrogens (tertiary/aromatic N) is 1. The molecule has 0 aromatic heterocycles. The zero-order valence-corrected chi connectivity index (χ0v) is 10.5. The van der Waals surface area contributed by atoms with E-state index < -0.39 is 10.8 Å². The number of benzene rings is 1. The van der Waals surface area contributed by atoms with E-state index in [9.17, 15) is 14.3 Å². The van der Waals surface area contributed by atoms with Crippen LogP contribution in [0.4, 0.5) is 5.69 Å². The number of nitro benzene ring substituents is 1. The molecule has 0 bridgehead atoms. The van der Waals surface area contributed by atoms with Crippen molar-refractivity contribution in [3.63, 3.8) is 0 Å². The van der Waals surface area contributed by atoms with Crippen LogP contribution >= 0.6 is 0 Å². The van der Waals surface area contributed by atoms with Gasteiger partial charge in [-0.3, -0.25) is 14.3 Å². The summed E-state index contributed by atoms with van der Waals surface area (Å²) in [5.41, 5.74) is 0.774. The fraction of sp³-hybridized carbons (Fsp3) is 0.455.